The SMILES string of the molecule is COc1ccc(-c2cncc3nccn23)c(Cl)c1. The highest BCUT2D eigenvalue weighted by Gasteiger charge is 2.09. The molecule has 5 heteroatoms. The third-order valence-electron chi connectivity index (χ3n) is 2.77. The van der Waals surface area contributed by atoms with E-state index in [9.17, 15) is 0 Å². The summed E-state index contributed by atoms with van der Waals surface area (Å²) in [4.78, 5) is 8.37. The van der Waals surface area contributed by atoms with Crippen LogP contribution in [0.1, 0.15) is 0 Å². The van der Waals surface area contributed by atoms with Gasteiger partial charge in [-0.15, -0.1) is 0 Å². The van der Waals surface area contributed by atoms with Gasteiger partial charge in [0, 0.05) is 18.0 Å². The second kappa shape index (κ2) is 4.31. The van der Waals surface area contributed by atoms with Crippen molar-refractivity contribution in [3.05, 3.63) is 48.0 Å². The first-order chi connectivity index (χ1) is 8.79. The largest absolute Gasteiger partial charge is 0.497 e. The summed E-state index contributed by atoms with van der Waals surface area (Å²) in [6.45, 7) is 0. The Bertz CT molecular complexity index is 708. The number of aromatic nitrogens is 3. The summed E-state index contributed by atoms with van der Waals surface area (Å²) in [7, 11) is 1.61. The normalized spacial score (nSPS) is 10.8. The molecule has 2 heterocycles. The van der Waals surface area contributed by atoms with Gasteiger partial charge in [-0.3, -0.25) is 9.38 Å². The molecule has 0 radical (unpaired) electrons. The van der Waals surface area contributed by atoms with Crippen LogP contribution in [0, 0.1) is 0 Å². The fourth-order valence-corrected chi connectivity index (χ4v) is 2.15. The number of fused-ring (bicyclic) bond motifs is 1. The number of methoxy groups -OCH3 is 1. The van der Waals surface area contributed by atoms with Crippen molar-refractivity contribution in [2.45, 2.75) is 0 Å². The molecule has 0 saturated carbocycles. The van der Waals surface area contributed by atoms with E-state index in [0.717, 1.165) is 22.7 Å². The molecule has 0 amide bonds. The van der Waals surface area contributed by atoms with E-state index in [0.29, 0.717) is 5.02 Å². The molecule has 1 aromatic carbocycles. The number of hydrogen-bond acceptors (Lipinski definition) is 3. The van der Waals surface area contributed by atoms with E-state index < -0.39 is 0 Å². The van der Waals surface area contributed by atoms with Crippen LogP contribution in [0.15, 0.2) is 43.0 Å². The number of imidazole rings is 1. The highest BCUT2D eigenvalue weighted by atomic mass is 35.5. The molecule has 0 atom stereocenters. The van der Waals surface area contributed by atoms with Gasteiger partial charge < -0.3 is 4.74 Å². The molecule has 3 rings (SSSR count). The fourth-order valence-electron chi connectivity index (χ4n) is 1.88. The number of benzene rings is 1. The zero-order valence-electron chi connectivity index (χ0n) is 9.67. The van der Waals surface area contributed by atoms with Crippen LogP contribution in [-0.4, -0.2) is 21.5 Å². The van der Waals surface area contributed by atoms with Gasteiger partial charge in [0.15, 0.2) is 5.65 Å². The standard InChI is InChI=1S/C13H10ClN3O/c1-18-9-2-3-10(11(14)6-9)12-7-15-8-13-16-4-5-17(12)13/h2-8H,1H3. The second-order valence-corrected chi connectivity index (χ2v) is 4.20. The molecule has 4 nitrogen and oxygen atoms in total. The minimum absolute atomic E-state index is 0.623. The Hall–Kier alpha value is -2.07. The smallest absolute Gasteiger partial charge is 0.155 e. The topological polar surface area (TPSA) is 39.4 Å². The van der Waals surface area contributed by atoms with Crippen LogP contribution in [0.25, 0.3) is 16.9 Å². The van der Waals surface area contributed by atoms with Gasteiger partial charge >= 0.3 is 0 Å². The van der Waals surface area contributed by atoms with E-state index in [1.54, 1.807) is 31.8 Å². The minimum Gasteiger partial charge on any atom is -0.497 e. The molecule has 2 aromatic heterocycles. The maximum absolute atomic E-state index is 6.27. The average molecular weight is 260 g/mol. The zero-order valence-corrected chi connectivity index (χ0v) is 10.4. The highest BCUT2D eigenvalue weighted by molar-refractivity contribution is 6.33. The molecule has 0 aliphatic rings. The molecule has 18 heavy (non-hydrogen) atoms. The van der Waals surface area contributed by atoms with Gasteiger partial charge in [-0.2, -0.15) is 0 Å². The molecule has 0 bridgehead atoms. The van der Waals surface area contributed by atoms with E-state index in [-0.39, 0.29) is 0 Å². The van der Waals surface area contributed by atoms with Crippen molar-refractivity contribution in [3.8, 4) is 17.0 Å². The molecule has 0 saturated heterocycles. The van der Waals surface area contributed by atoms with Crippen molar-refractivity contribution in [1.29, 1.82) is 0 Å². The van der Waals surface area contributed by atoms with Crippen LogP contribution in [-0.2, 0) is 0 Å². The zero-order chi connectivity index (χ0) is 12.5. The maximum Gasteiger partial charge on any atom is 0.155 e. The van der Waals surface area contributed by atoms with E-state index in [1.807, 2.05) is 22.7 Å². The van der Waals surface area contributed by atoms with Crippen molar-refractivity contribution < 1.29 is 4.74 Å². The number of hydrogen-bond donors (Lipinski definition) is 0. The Balaban J connectivity index is 2.23. The first kappa shape index (κ1) is 11.0. The molecule has 0 aliphatic heterocycles. The molecule has 0 unspecified atom stereocenters. The van der Waals surface area contributed by atoms with Gasteiger partial charge in [0.2, 0.25) is 0 Å². The molecule has 90 valence electrons. The Morgan fingerprint density at radius 2 is 2.17 bits per heavy atom. The van der Waals surface area contributed by atoms with E-state index >= 15 is 0 Å². The Morgan fingerprint density at radius 3 is 2.94 bits per heavy atom. The van der Waals surface area contributed by atoms with E-state index in [4.69, 9.17) is 16.3 Å². The van der Waals surface area contributed by atoms with Crippen molar-refractivity contribution in [2.75, 3.05) is 7.11 Å². The molecule has 0 spiro atoms. The first-order valence-corrected chi connectivity index (χ1v) is 5.78. The molecule has 3 aromatic rings. The lowest BCUT2D eigenvalue weighted by molar-refractivity contribution is 0.415. The number of rotatable bonds is 2. The van der Waals surface area contributed by atoms with Crippen LogP contribution >= 0.6 is 11.6 Å². The van der Waals surface area contributed by atoms with Crippen LogP contribution in [0.3, 0.4) is 0 Å². The van der Waals surface area contributed by atoms with E-state index in [1.165, 1.54) is 0 Å². The molecular formula is C13H10ClN3O. The summed E-state index contributed by atoms with van der Waals surface area (Å²) in [6.07, 6.45) is 7.09. The molecule has 0 aliphatic carbocycles. The second-order valence-electron chi connectivity index (χ2n) is 3.79. The summed E-state index contributed by atoms with van der Waals surface area (Å²) in [5, 5.41) is 0.623. The summed E-state index contributed by atoms with van der Waals surface area (Å²) in [6, 6.07) is 5.57. The Kier molecular flexibility index (Phi) is 2.64. The summed E-state index contributed by atoms with van der Waals surface area (Å²) in [5.74, 6) is 0.731. The Labute approximate surface area is 109 Å². The monoisotopic (exact) mass is 259 g/mol. The van der Waals surface area contributed by atoms with Crippen molar-refractivity contribution in [3.63, 3.8) is 0 Å². The molecule has 0 fully saturated rings. The van der Waals surface area contributed by atoms with Gasteiger partial charge in [-0.05, 0) is 18.2 Å². The fraction of sp³-hybridized carbons (Fsp3) is 0.0769. The minimum atomic E-state index is 0.623. The van der Waals surface area contributed by atoms with Gasteiger partial charge in [0.25, 0.3) is 0 Å². The summed E-state index contributed by atoms with van der Waals surface area (Å²) >= 11 is 6.27. The molecular weight excluding hydrogens is 250 g/mol. The number of nitrogens with zero attached hydrogens (tertiary/aromatic N) is 3. The van der Waals surface area contributed by atoms with E-state index in [2.05, 4.69) is 9.97 Å². The lowest BCUT2D eigenvalue weighted by Crippen LogP contribution is -1.93. The quantitative estimate of drug-likeness (QED) is 0.710. The predicted molar refractivity (Wildman–Crippen MR) is 70.0 cm³/mol. The third kappa shape index (κ3) is 1.71. The van der Waals surface area contributed by atoms with Crippen LogP contribution in [0.5, 0.6) is 5.75 Å². The van der Waals surface area contributed by atoms with Gasteiger partial charge in [-0.25, -0.2) is 4.98 Å². The highest BCUT2D eigenvalue weighted by Crippen LogP contribution is 2.30. The summed E-state index contributed by atoms with van der Waals surface area (Å²) < 4.78 is 7.08. The summed E-state index contributed by atoms with van der Waals surface area (Å²) in [5.41, 5.74) is 2.59. The lowest BCUT2D eigenvalue weighted by atomic mass is 10.1. The van der Waals surface area contributed by atoms with Crippen molar-refractivity contribution in [1.82, 2.24) is 14.4 Å². The average Bonchev–Trinajstić information content (AvgIpc) is 2.87. The van der Waals surface area contributed by atoms with Crippen LogP contribution in [0.4, 0.5) is 0 Å². The lowest BCUT2D eigenvalue weighted by Gasteiger charge is -2.08. The van der Waals surface area contributed by atoms with Crippen LogP contribution < -0.4 is 4.74 Å². The third-order valence-corrected chi connectivity index (χ3v) is 3.08. The number of ether oxygens (including phenoxy) is 1. The number of halogens is 1. The first-order valence-electron chi connectivity index (χ1n) is 5.40. The van der Waals surface area contributed by atoms with Gasteiger partial charge in [-0.1, -0.05) is 11.6 Å². The predicted octanol–water partition coefficient (Wildman–Crippen LogP) is 3.06. The van der Waals surface area contributed by atoms with Crippen LogP contribution in [0.2, 0.25) is 5.02 Å². The Morgan fingerprint density at radius 1 is 1.28 bits per heavy atom. The maximum atomic E-state index is 6.27. The molecule has 0 N–H and O–H groups in total. The van der Waals surface area contributed by atoms with Crippen molar-refractivity contribution >= 4 is 17.2 Å². The van der Waals surface area contributed by atoms with Gasteiger partial charge in [0.1, 0.15) is 5.75 Å². The van der Waals surface area contributed by atoms with Gasteiger partial charge in [0.05, 0.1) is 30.2 Å². The van der Waals surface area contributed by atoms with Crippen molar-refractivity contribution in [2.24, 2.45) is 0 Å².